The van der Waals surface area contributed by atoms with E-state index in [0.29, 0.717) is 6.42 Å². The van der Waals surface area contributed by atoms with Crippen LogP contribution in [0, 0.1) is 35.5 Å². The predicted molar refractivity (Wildman–Crippen MR) is 158 cm³/mol. The first-order valence-electron chi connectivity index (χ1n) is 13.2. The van der Waals surface area contributed by atoms with Crippen LogP contribution in [-0.4, -0.2) is 24.1 Å². The Morgan fingerprint density at radius 2 is 1.86 bits per heavy atom. The van der Waals surface area contributed by atoms with Crippen LogP contribution in [0.1, 0.15) is 61.0 Å². The van der Waals surface area contributed by atoms with Crippen molar-refractivity contribution >= 4 is 40.8 Å². The summed E-state index contributed by atoms with van der Waals surface area (Å²) in [5.74, 6) is -5.84. The number of benzene rings is 3. The van der Waals surface area contributed by atoms with Gasteiger partial charge in [-0.05, 0) is 60.7 Å². The molecule has 220 valence electrons. The summed E-state index contributed by atoms with van der Waals surface area (Å²) in [4.78, 5) is 29.6. The molecule has 0 aromatic heterocycles. The van der Waals surface area contributed by atoms with Gasteiger partial charge in [0.1, 0.15) is 17.4 Å². The van der Waals surface area contributed by atoms with E-state index in [9.17, 15) is 14.7 Å². The minimum absolute atomic E-state index is 0.0256. The predicted octanol–water partition coefficient (Wildman–Crippen LogP) is 8.59. The van der Waals surface area contributed by atoms with Gasteiger partial charge in [-0.15, -0.1) is 0 Å². The highest BCUT2D eigenvalue weighted by Crippen LogP contribution is 2.62. The highest BCUT2D eigenvalue weighted by Gasteiger charge is 2.66. The quantitative estimate of drug-likeness (QED) is 0.261. The van der Waals surface area contributed by atoms with Crippen LogP contribution in [0.25, 0.3) is 4.85 Å². The second-order valence-corrected chi connectivity index (χ2v) is 12.5. The topological polar surface area (TPSA) is 80.0 Å². The molecule has 0 radical (unpaired) electrons. The molecule has 0 heterocycles. The number of carbonyl (C=O) groups is 2. The number of anilines is 1. The third-order valence-electron chi connectivity index (χ3n) is 7.80. The van der Waals surface area contributed by atoms with E-state index in [1.165, 1.54) is 55.6 Å². The van der Waals surface area contributed by atoms with Crippen LogP contribution < -0.4 is 10.1 Å². The molecule has 2 N–H and O–H groups in total. The van der Waals surface area contributed by atoms with Gasteiger partial charge in [-0.3, -0.25) is 4.79 Å². The van der Waals surface area contributed by atoms with Crippen LogP contribution in [0.15, 0.2) is 54.6 Å². The Labute approximate surface area is 253 Å². The highest BCUT2D eigenvalue weighted by molar-refractivity contribution is 6.31. The van der Waals surface area contributed by atoms with E-state index in [1.54, 1.807) is 0 Å². The molecule has 1 saturated carbocycles. The molecular formula is C32H30Cl2F2N2O4. The molecule has 42 heavy (non-hydrogen) atoms. The van der Waals surface area contributed by atoms with Crippen LogP contribution in [0.2, 0.25) is 10.0 Å². The molecule has 4 rings (SSSR count). The van der Waals surface area contributed by atoms with Crippen LogP contribution in [0.3, 0.4) is 0 Å². The minimum atomic E-state index is -1.69. The Morgan fingerprint density at radius 3 is 2.45 bits per heavy atom. The average molecular weight is 616 g/mol. The number of carboxylic acids is 1. The summed E-state index contributed by atoms with van der Waals surface area (Å²) >= 11 is 12.3. The molecule has 1 aliphatic rings. The van der Waals surface area contributed by atoms with E-state index >= 15 is 8.78 Å². The number of nitrogens with zero attached hydrogens (tertiary/aromatic N) is 1. The number of amides is 1. The molecule has 10 heteroatoms. The lowest BCUT2D eigenvalue weighted by atomic mass is 9.67. The van der Waals surface area contributed by atoms with Gasteiger partial charge < -0.3 is 20.0 Å². The lowest BCUT2D eigenvalue weighted by molar-refractivity contribution is -0.120. The molecule has 3 aromatic carbocycles. The summed E-state index contributed by atoms with van der Waals surface area (Å²) in [5, 5.41) is 12.1. The summed E-state index contributed by atoms with van der Waals surface area (Å²) in [6.07, 6.45) is 0.566. The monoisotopic (exact) mass is 614 g/mol. The van der Waals surface area contributed by atoms with E-state index in [0.717, 1.165) is 6.07 Å². The zero-order valence-electron chi connectivity index (χ0n) is 23.5. The molecule has 0 aliphatic heterocycles. The van der Waals surface area contributed by atoms with Crippen molar-refractivity contribution in [1.82, 2.24) is 0 Å². The van der Waals surface area contributed by atoms with Gasteiger partial charge in [0, 0.05) is 16.5 Å². The normalized spacial score (nSPS) is 21.9. The fourth-order valence-electron chi connectivity index (χ4n) is 6.21. The number of halogens is 4. The van der Waals surface area contributed by atoms with Crippen molar-refractivity contribution in [3.8, 4) is 5.75 Å². The maximum absolute atomic E-state index is 15.8. The zero-order valence-corrected chi connectivity index (χ0v) is 25.0. The maximum atomic E-state index is 15.8. The van der Waals surface area contributed by atoms with Crippen molar-refractivity contribution in [2.75, 3.05) is 12.4 Å². The molecule has 0 unspecified atom stereocenters. The van der Waals surface area contributed by atoms with Crippen molar-refractivity contribution in [1.29, 1.82) is 0 Å². The van der Waals surface area contributed by atoms with Crippen LogP contribution in [0.4, 0.5) is 14.5 Å². The largest absolute Gasteiger partial charge is 0.495 e. The number of carbonyl (C=O) groups excluding carboxylic acids is 1. The van der Waals surface area contributed by atoms with Crippen LogP contribution in [0.5, 0.6) is 5.75 Å². The molecule has 0 spiro atoms. The van der Waals surface area contributed by atoms with Crippen LogP contribution in [-0.2, 0) is 10.3 Å². The second-order valence-electron chi connectivity index (χ2n) is 11.7. The lowest BCUT2D eigenvalue weighted by Gasteiger charge is -2.34. The number of methoxy groups -OCH3 is 1. The van der Waals surface area contributed by atoms with Crippen molar-refractivity contribution in [3.63, 3.8) is 0 Å². The Balaban J connectivity index is 1.95. The lowest BCUT2D eigenvalue weighted by Crippen LogP contribution is -2.38. The number of carboxylic acid groups (broad SMARTS) is 1. The Kier molecular flexibility index (Phi) is 8.86. The Hall–Kier alpha value is -3.67. The van der Waals surface area contributed by atoms with Gasteiger partial charge in [-0.25, -0.2) is 20.1 Å². The Morgan fingerprint density at radius 1 is 1.14 bits per heavy atom. The van der Waals surface area contributed by atoms with Crippen molar-refractivity contribution < 1.29 is 28.2 Å². The SMILES string of the molecule is [C-]#[N+][C@]1(c2ccc(Cl)cc2F)[C@H](CC(C)(C)C)C[C@@H](C(=O)Nc2ccc(C(=O)O)cc2OC)[C@@H]1c1cccc(Cl)c1F. The first kappa shape index (κ1) is 31.3. The van der Waals surface area contributed by atoms with E-state index in [1.807, 2.05) is 20.8 Å². The zero-order chi connectivity index (χ0) is 31.0. The number of nitrogens with one attached hydrogen (secondary N) is 1. The third kappa shape index (κ3) is 5.81. The fraction of sp³-hybridized carbons (Fsp3) is 0.344. The van der Waals surface area contributed by atoms with E-state index in [2.05, 4.69) is 10.2 Å². The third-order valence-corrected chi connectivity index (χ3v) is 8.33. The number of rotatable bonds is 7. The first-order chi connectivity index (χ1) is 19.7. The average Bonchev–Trinajstić information content (AvgIpc) is 3.23. The molecule has 6 nitrogen and oxygen atoms in total. The van der Waals surface area contributed by atoms with Crippen LogP contribution >= 0.6 is 23.2 Å². The summed E-state index contributed by atoms with van der Waals surface area (Å²) in [5.41, 5.74) is -1.81. The number of hydrogen-bond donors (Lipinski definition) is 2. The molecule has 1 amide bonds. The summed E-state index contributed by atoms with van der Waals surface area (Å²) < 4.78 is 36.9. The smallest absolute Gasteiger partial charge is 0.335 e. The summed E-state index contributed by atoms with van der Waals surface area (Å²) in [6, 6.07) is 12.4. The molecule has 1 aliphatic carbocycles. The number of aromatic carboxylic acids is 1. The number of hydrogen-bond acceptors (Lipinski definition) is 3. The number of ether oxygens (including phenoxy) is 1. The van der Waals surface area contributed by atoms with Gasteiger partial charge >= 0.3 is 5.97 Å². The van der Waals surface area contributed by atoms with Crippen molar-refractivity contribution in [2.45, 2.75) is 45.1 Å². The van der Waals surface area contributed by atoms with Gasteiger partial charge in [-0.1, -0.05) is 56.1 Å². The molecule has 3 aromatic rings. The molecular weight excluding hydrogens is 585 g/mol. The van der Waals surface area contributed by atoms with E-state index in [4.69, 9.17) is 34.5 Å². The highest BCUT2D eigenvalue weighted by atomic mass is 35.5. The second kappa shape index (κ2) is 11.9. The maximum Gasteiger partial charge on any atom is 0.335 e. The first-order valence-corrected chi connectivity index (χ1v) is 14.0. The fourth-order valence-corrected chi connectivity index (χ4v) is 6.55. The molecule has 1 fully saturated rings. The van der Waals surface area contributed by atoms with E-state index < -0.39 is 46.8 Å². The molecule has 0 bridgehead atoms. The van der Waals surface area contributed by atoms with Gasteiger partial charge in [-0.2, -0.15) is 0 Å². The summed E-state index contributed by atoms with van der Waals surface area (Å²) in [7, 11) is 1.34. The van der Waals surface area contributed by atoms with Crippen molar-refractivity contribution in [3.05, 3.63) is 104 Å². The summed E-state index contributed by atoms with van der Waals surface area (Å²) in [6.45, 7) is 14.5. The van der Waals surface area contributed by atoms with Gasteiger partial charge in [0.25, 0.3) is 5.54 Å². The van der Waals surface area contributed by atoms with Gasteiger partial charge in [0.15, 0.2) is 0 Å². The standard InChI is InChI=1S/C32H30Cl2F2N2O4/c1-31(2,3)16-18-14-21(29(39)38-25-12-9-17(30(40)41)13-26(25)42-5)27(20-7-6-8-23(34)28(20)36)32(18,37-4)22-11-10-19(33)15-24(22)35/h6-13,15,18,21,27H,14,16H2,1-3,5H3,(H,38,39)(H,40,41)/t18-,21+,27-,32-/m0/s1. The van der Waals surface area contributed by atoms with Gasteiger partial charge in [0.05, 0.1) is 40.8 Å². The van der Waals surface area contributed by atoms with Crippen molar-refractivity contribution in [2.24, 2.45) is 17.3 Å². The Bertz CT molecular complexity index is 1580. The van der Waals surface area contributed by atoms with Gasteiger partial charge in [0.2, 0.25) is 5.91 Å². The minimum Gasteiger partial charge on any atom is -0.495 e. The molecule has 4 atom stereocenters. The van der Waals surface area contributed by atoms with E-state index in [-0.39, 0.29) is 50.0 Å². The molecule has 0 saturated heterocycles.